The highest BCUT2D eigenvalue weighted by Crippen LogP contribution is 2.23. The first-order valence-electron chi connectivity index (χ1n) is 6.77. The van der Waals surface area contributed by atoms with Gasteiger partial charge >= 0.3 is 0 Å². The molecule has 2 rings (SSSR count). The van der Waals surface area contributed by atoms with Gasteiger partial charge in [0.2, 0.25) is 0 Å². The van der Waals surface area contributed by atoms with Crippen LogP contribution in [-0.2, 0) is 4.79 Å². The van der Waals surface area contributed by atoms with E-state index in [9.17, 15) is 10.1 Å². The van der Waals surface area contributed by atoms with Crippen LogP contribution in [0.25, 0.3) is 6.08 Å². The molecular formula is C18H16N2O2. The second-order valence-electron chi connectivity index (χ2n) is 4.73. The predicted molar refractivity (Wildman–Crippen MR) is 86.4 cm³/mol. The van der Waals surface area contributed by atoms with E-state index in [4.69, 9.17) is 4.74 Å². The van der Waals surface area contributed by atoms with Crippen LogP contribution in [0.2, 0.25) is 0 Å². The van der Waals surface area contributed by atoms with E-state index in [1.54, 1.807) is 24.3 Å². The largest absolute Gasteiger partial charge is 0.495 e. The maximum absolute atomic E-state index is 12.2. The molecule has 2 aromatic rings. The SMILES string of the molecule is COc1ccccc1NC(=O)/C(C#N)=C/c1ccc(C)cc1. The lowest BCUT2D eigenvalue weighted by atomic mass is 10.1. The number of aryl methyl sites for hydroxylation is 1. The molecule has 0 saturated carbocycles. The molecule has 0 bridgehead atoms. The summed E-state index contributed by atoms with van der Waals surface area (Å²) in [5.74, 6) is 0.0797. The molecule has 1 amide bonds. The number of rotatable bonds is 4. The molecule has 0 spiro atoms. The Morgan fingerprint density at radius 1 is 1.18 bits per heavy atom. The van der Waals surface area contributed by atoms with Gasteiger partial charge < -0.3 is 10.1 Å². The number of para-hydroxylation sites is 2. The second-order valence-corrected chi connectivity index (χ2v) is 4.73. The molecular weight excluding hydrogens is 276 g/mol. The fourth-order valence-electron chi connectivity index (χ4n) is 1.92. The molecule has 0 aromatic heterocycles. The van der Waals surface area contributed by atoms with Crippen LogP contribution in [0.5, 0.6) is 5.75 Å². The number of ether oxygens (including phenoxy) is 1. The molecule has 2 aromatic carbocycles. The maximum Gasteiger partial charge on any atom is 0.266 e. The van der Waals surface area contributed by atoms with Gasteiger partial charge in [0, 0.05) is 0 Å². The van der Waals surface area contributed by atoms with Gasteiger partial charge in [-0.1, -0.05) is 42.0 Å². The molecule has 0 aliphatic rings. The first kappa shape index (κ1) is 15.3. The number of hydrogen-bond acceptors (Lipinski definition) is 3. The van der Waals surface area contributed by atoms with Crippen molar-refractivity contribution in [2.24, 2.45) is 0 Å². The fourth-order valence-corrected chi connectivity index (χ4v) is 1.92. The van der Waals surface area contributed by atoms with Gasteiger partial charge in [0.15, 0.2) is 0 Å². The molecule has 4 nitrogen and oxygen atoms in total. The number of carbonyl (C=O) groups is 1. The molecule has 0 fully saturated rings. The highest BCUT2D eigenvalue weighted by atomic mass is 16.5. The van der Waals surface area contributed by atoms with E-state index in [2.05, 4.69) is 5.32 Å². The molecule has 1 N–H and O–H groups in total. The standard InChI is InChI=1S/C18H16N2O2/c1-13-7-9-14(10-8-13)11-15(12-19)18(21)20-16-5-3-4-6-17(16)22-2/h3-11H,1-2H3,(H,20,21)/b15-11+. The zero-order chi connectivity index (χ0) is 15.9. The lowest BCUT2D eigenvalue weighted by Crippen LogP contribution is -2.14. The molecule has 0 aliphatic carbocycles. The van der Waals surface area contributed by atoms with Crippen molar-refractivity contribution in [2.75, 3.05) is 12.4 Å². The van der Waals surface area contributed by atoms with Crippen molar-refractivity contribution in [3.05, 3.63) is 65.2 Å². The van der Waals surface area contributed by atoms with Crippen molar-refractivity contribution in [3.8, 4) is 11.8 Å². The third-order valence-electron chi connectivity index (χ3n) is 3.11. The maximum atomic E-state index is 12.2. The van der Waals surface area contributed by atoms with Crippen molar-refractivity contribution in [2.45, 2.75) is 6.92 Å². The van der Waals surface area contributed by atoms with Crippen LogP contribution in [0, 0.1) is 18.3 Å². The number of amides is 1. The van der Waals surface area contributed by atoms with E-state index in [0.717, 1.165) is 11.1 Å². The van der Waals surface area contributed by atoms with Gasteiger partial charge in [-0.3, -0.25) is 4.79 Å². The molecule has 0 heterocycles. The third-order valence-corrected chi connectivity index (χ3v) is 3.11. The van der Waals surface area contributed by atoms with Crippen molar-refractivity contribution < 1.29 is 9.53 Å². The summed E-state index contributed by atoms with van der Waals surface area (Å²) < 4.78 is 5.17. The average Bonchev–Trinajstić information content (AvgIpc) is 2.54. The number of carbonyl (C=O) groups excluding carboxylic acids is 1. The van der Waals surface area contributed by atoms with Crippen LogP contribution in [0.1, 0.15) is 11.1 Å². The summed E-state index contributed by atoms with van der Waals surface area (Å²) in [7, 11) is 1.53. The summed E-state index contributed by atoms with van der Waals surface area (Å²) in [6.07, 6.45) is 1.56. The fraction of sp³-hybridized carbons (Fsp3) is 0.111. The Morgan fingerprint density at radius 2 is 1.86 bits per heavy atom. The van der Waals surface area contributed by atoms with E-state index < -0.39 is 5.91 Å². The van der Waals surface area contributed by atoms with Crippen LogP contribution in [0.15, 0.2) is 54.1 Å². The normalized spacial score (nSPS) is 10.7. The number of methoxy groups -OCH3 is 1. The molecule has 0 aliphatic heterocycles. The van der Waals surface area contributed by atoms with Gasteiger partial charge in [0.25, 0.3) is 5.91 Å². The number of nitrogens with zero attached hydrogens (tertiary/aromatic N) is 1. The lowest BCUT2D eigenvalue weighted by molar-refractivity contribution is -0.112. The minimum Gasteiger partial charge on any atom is -0.495 e. The Morgan fingerprint density at radius 3 is 2.50 bits per heavy atom. The number of hydrogen-bond donors (Lipinski definition) is 1. The van der Waals surface area contributed by atoms with E-state index in [1.807, 2.05) is 43.3 Å². The van der Waals surface area contributed by atoms with Gasteiger partial charge in [-0.25, -0.2) is 0 Å². The number of nitrogens with one attached hydrogen (secondary N) is 1. The zero-order valence-electron chi connectivity index (χ0n) is 12.5. The summed E-state index contributed by atoms with van der Waals surface area (Å²) >= 11 is 0. The monoisotopic (exact) mass is 292 g/mol. The van der Waals surface area contributed by atoms with E-state index in [0.29, 0.717) is 11.4 Å². The highest BCUT2D eigenvalue weighted by Gasteiger charge is 2.11. The number of benzene rings is 2. The summed E-state index contributed by atoms with van der Waals surface area (Å²) in [6, 6.07) is 16.6. The molecule has 110 valence electrons. The first-order valence-corrected chi connectivity index (χ1v) is 6.77. The molecule has 0 atom stereocenters. The van der Waals surface area contributed by atoms with Gasteiger partial charge in [-0.15, -0.1) is 0 Å². The Balaban J connectivity index is 2.22. The van der Waals surface area contributed by atoms with Gasteiger partial charge in [0.1, 0.15) is 17.4 Å². The van der Waals surface area contributed by atoms with E-state index >= 15 is 0 Å². The van der Waals surface area contributed by atoms with Crippen molar-refractivity contribution in [1.29, 1.82) is 5.26 Å². The van der Waals surface area contributed by atoms with Crippen molar-refractivity contribution >= 4 is 17.7 Å². The highest BCUT2D eigenvalue weighted by molar-refractivity contribution is 6.10. The summed E-state index contributed by atoms with van der Waals surface area (Å²) in [4.78, 5) is 12.2. The lowest BCUT2D eigenvalue weighted by Gasteiger charge is -2.09. The second kappa shape index (κ2) is 7.09. The quantitative estimate of drug-likeness (QED) is 0.692. The summed E-state index contributed by atoms with van der Waals surface area (Å²) in [6.45, 7) is 1.98. The van der Waals surface area contributed by atoms with Gasteiger partial charge in [0.05, 0.1) is 12.8 Å². The van der Waals surface area contributed by atoms with E-state index in [1.165, 1.54) is 7.11 Å². The van der Waals surface area contributed by atoms with E-state index in [-0.39, 0.29) is 5.57 Å². The molecule has 0 saturated heterocycles. The average molecular weight is 292 g/mol. The summed E-state index contributed by atoms with van der Waals surface area (Å²) in [5, 5.41) is 11.9. The zero-order valence-corrected chi connectivity index (χ0v) is 12.5. The van der Waals surface area contributed by atoms with Crippen molar-refractivity contribution in [1.82, 2.24) is 0 Å². The Bertz CT molecular complexity index is 740. The van der Waals surface area contributed by atoms with Crippen LogP contribution in [-0.4, -0.2) is 13.0 Å². The Kier molecular flexibility index (Phi) is 4.94. The minimum absolute atomic E-state index is 0.0368. The van der Waals surface area contributed by atoms with Crippen LogP contribution in [0.3, 0.4) is 0 Å². The van der Waals surface area contributed by atoms with Crippen LogP contribution in [0.4, 0.5) is 5.69 Å². The van der Waals surface area contributed by atoms with Crippen LogP contribution >= 0.6 is 0 Å². The molecule has 22 heavy (non-hydrogen) atoms. The predicted octanol–water partition coefficient (Wildman–Crippen LogP) is 3.55. The smallest absolute Gasteiger partial charge is 0.266 e. The van der Waals surface area contributed by atoms with Gasteiger partial charge in [-0.05, 0) is 30.7 Å². The number of anilines is 1. The molecule has 4 heteroatoms. The molecule has 0 radical (unpaired) electrons. The summed E-state index contributed by atoms with van der Waals surface area (Å²) in [5.41, 5.74) is 2.49. The first-order chi connectivity index (χ1) is 10.6. The van der Waals surface area contributed by atoms with Crippen molar-refractivity contribution in [3.63, 3.8) is 0 Å². The molecule has 0 unspecified atom stereocenters. The van der Waals surface area contributed by atoms with Gasteiger partial charge in [-0.2, -0.15) is 5.26 Å². The Hall–Kier alpha value is -3.06. The third kappa shape index (κ3) is 3.74. The topological polar surface area (TPSA) is 62.1 Å². The minimum atomic E-state index is -0.465. The van der Waals surface area contributed by atoms with Crippen LogP contribution < -0.4 is 10.1 Å². The Labute approximate surface area is 129 Å². The number of nitriles is 1.